The average Bonchev–Trinajstić information content (AvgIpc) is 2.54. The highest BCUT2D eigenvalue weighted by Crippen LogP contribution is 2.15. The van der Waals surface area contributed by atoms with Gasteiger partial charge in [0.2, 0.25) is 0 Å². The van der Waals surface area contributed by atoms with E-state index in [0.717, 1.165) is 5.56 Å². The molecule has 0 aliphatic heterocycles. The Labute approximate surface area is 129 Å². The summed E-state index contributed by atoms with van der Waals surface area (Å²) in [6.45, 7) is 4.41. The SMILES string of the molecule is CCOC(=O)c1cc(C#N)c(NCc2ccccc2)[nH+]c1C. The minimum Gasteiger partial charge on any atom is -0.462 e. The Hall–Kier alpha value is -2.87. The Balaban J connectivity index is 2.23. The van der Waals surface area contributed by atoms with Gasteiger partial charge in [0.05, 0.1) is 6.61 Å². The summed E-state index contributed by atoms with van der Waals surface area (Å²) in [6, 6.07) is 13.5. The first kappa shape index (κ1) is 15.5. The first-order chi connectivity index (χ1) is 10.7. The lowest BCUT2D eigenvalue weighted by Gasteiger charge is -2.07. The molecule has 0 radical (unpaired) electrons. The number of aryl methyl sites for hydroxylation is 1. The summed E-state index contributed by atoms with van der Waals surface area (Å²) in [5.74, 6) is 0.166. The molecule has 5 nitrogen and oxygen atoms in total. The van der Waals surface area contributed by atoms with Gasteiger partial charge in [-0.2, -0.15) is 5.26 Å². The van der Waals surface area contributed by atoms with Crippen LogP contribution in [0.5, 0.6) is 0 Å². The molecule has 2 rings (SSSR count). The van der Waals surface area contributed by atoms with E-state index in [2.05, 4.69) is 16.4 Å². The maximum Gasteiger partial charge on any atom is 0.342 e. The van der Waals surface area contributed by atoms with Crippen molar-refractivity contribution in [3.63, 3.8) is 0 Å². The zero-order chi connectivity index (χ0) is 15.9. The fourth-order valence-corrected chi connectivity index (χ4v) is 2.08. The fraction of sp³-hybridized carbons (Fsp3) is 0.235. The van der Waals surface area contributed by atoms with E-state index in [-0.39, 0.29) is 0 Å². The highest BCUT2D eigenvalue weighted by atomic mass is 16.5. The molecule has 2 aromatic rings. The van der Waals surface area contributed by atoms with E-state index in [1.807, 2.05) is 30.3 Å². The molecule has 5 heteroatoms. The number of esters is 1. The van der Waals surface area contributed by atoms with Crippen LogP contribution in [0.15, 0.2) is 36.4 Å². The summed E-state index contributed by atoms with van der Waals surface area (Å²) in [6.07, 6.45) is 0. The number of benzene rings is 1. The molecule has 0 aliphatic carbocycles. The Bertz CT molecular complexity index is 706. The van der Waals surface area contributed by atoms with Crippen LogP contribution < -0.4 is 10.3 Å². The number of H-pyrrole nitrogens is 1. The Morgan fingerprint density at radius 2 is 2.09 bits per heavy atom. The van der Waals surface area contributed by atoms with Crippen molar-refractivity contribution in [1.82, 2.24) is 0 Å². The number of nitrogens with one attached hydrogen (secondary N) is 2. The molecule has 22 heavy (non-hydrogen) atoms. The Morgan fingerprint density at radius 1 is 1.36 bits per heavy atom. The van der Waals surface area contributed by atoms with Crippen LogP contribution in [0.2, 0.25) is 0 Å². The van der Waals surface area contributed by atoms with Gasteiger partial charge in [0.1, 0.15) is 29.4 Å². The van der Waals surface area contributed by atoms with Crippen LogP contribution in [0, 0.1) is 18.3 Å². The molecule has 1 aromatic carbocycles. The van der Waals surface area contributed by atoms with Crippen molar-refractivity contribution in [2.75, 3.05) is 11.9 Å². The zero-order valence-corrected chi connectivity index (χ0v) is 12.6. The van der Waals surface area contributed by atoms with Gasteiger partial charge in [-0.3, -0.25) is 5.32 Å². The second kappa shape index (κ2) is 7.23. The van der Waals surface area contributed by atoms with E-state index >= 15 is 0 Å². The van der Waals surface area contributed by atoms with Crippen molar-refractivity contribution >= 4 is 11.8 Å². The number of nitriles is 1. The quantitative estimate of drug-likeness (QED) is 0.860. The van der Waals surface area contributed by atoms with Crippen LogP contribution in [0.3, 0.4) is 0 Å². The van der Waals surface area contributed by atoms with Crippen molar-refractivity contribution in [2.45, 2.75) is 20.4 Å². The topological polar surface area (TPSA) is 76.3 Å². The third kappa shape index (κ3) is 3.61. The fourth-order valence-electron chi connectivity index (χ4n) is 2.08. The monoisotopic (exact) mass is 296 g/mol. The smallest absolute Gasteiger partial charge is 0.342 e. The van der Waals surface area contributed by atoms with E-state index in [0.29, 0.717) is 35.8 Å². The highest BCUT2D eigenvalue weighted by Gasteiger charge is 2.19. The van der Waals surface area contributed by atoms with Gasteiger partial charge in [0.15, 0.2) is 0 Å². The van der Waals surface area contributed by atoms with Crippen molar-refractivity contribution in [3.8, 4) is 6.07 Å². The molecule has 1 aromatic heterocycles. The normalized spacial score (nSPS) is 9.86. The van der Waals surface area contributed by atoms with Gasteiger partial charge >= 0.3 is 5.97 Å². The second-order valence-corrected chi connectivity index (χ2v) is 4.77. The first-order valence-corrected chi connectivity index (χ1v) is 7.07. The number of nitrogens with zero attached hydrogens (tertiary/aromatic N) is 1. The van der Waals surface area contributed by atoms with Crippen LogP contribution >= 0.6 is 0 Å². The van der Waals surface area contributed by atoms with Gasteiger partial charge < -0.3 is 4.74 Å². The lowest BCUT2D eigenvalue weighted by Crippen LogP contribution is -2.22. The van der Waals surface area contributed by atoms with Gasteiger partial charge in [-0.1, -0.05) is 30.3 Å². The van der Waals surface area contributed by atoms with Crippen LogP contribution in [-0.4, -0.2) is 12.6 Å². The summed E-state index contributed by atoms with van der Waals surface area (Å²) >= 11 is 0. The van der Waals surface area contributed by atoms with Crippen LogP contribution in [-0.2, 0) is 11.3 Å². The molecule has 1 heterocycles. The van der Waals surface area contributed by atoms with Crippen molar-refractivity contribution in [1.29, 1.82) is 5.26 Å². The molecule has 0 aliphatic rings. The summed E-state index contributed by atoms with van der Waals surface area (Å²) in [5.41, 5.74) is 2.52. The minimum absolute atomic E-state index is 0.300. The number of aromatic amines is 1. The second-order valence-electron chi connectivity index (χ2n) is 4.77. The van der Waals surface area contributed by atoms with Crippen molar-refractivity contribution in [3.05, 3.63) is 58.8 Å². The molecule has 2 N–H and O–H groups in total. The molecule has 112 valence electrons. The third-order valence-electron chi connectivity index (χ3n) is 3.20. The maximum absolute atomic E-state index is 11.9. The van der Waals surface area contributed by atoms with Gasteiger partial charge in [-0.15, -0.1) is 0 Å². The molecule has 0 saturated heterocycles. The minimum atomic E-state index is -0.428. The number of pyridine rings is 1. The largest absolute Gasteiger partial charge is 0.462 e. The number of hydrogen-bond donors (Lipinski definition) is 1. The molecule has 0 spiro atoms. The number of carbonyl (C=O) groups excluding carboxylic acids is 1. The first-order valence-electron chi connectivity index (χ1n) is 7.07. The number of aromatic nitrogens is 1. The summed E-state index contributed by atoms with van der Waals surface area (Å²) in [7, 11) is 0. The number of hydrogen-bond acceptors (Lipinski definition) is 4. The van der Waals surface area contributed by atoms with Crippen LogP contribution in [0.1, 0.15) is 34.1 Å². The Morgan fingerprint density at radius 3 is 2.73 bits per heavy atom. The predicted molar refractivity (Wildman–Crippen MR) is 82.2 cm³/mol. The van der Waals surface area contributed by atoms with E-state index in [1.165, 1.54) is 0 Å². The van der Waals surface area contributed by atoms with Gasteiger partial charge in [-0.05, 0) is 25.5 Å². The molecule has 0 atom stereocenters. The van der Waals surface area contributed by atoms with E-state index < -0.39 is 5.97 Å². The number of anilines is 1. The molecule has 0 unspecified atom stereocenters. The number of ether oxygens (including phenoxy) is 1. The van der Waals surface area contributed by atoms with E-state index in [1.54, 1.807) is 19.9 Å². The maximum atomic E-state index is 11.9. The standard InChI is InChI=1S/C17H17N3O2/c1-3-22-17(21)15-9-14(10-18)16(20-12(15)2)19-11-13-7-5-4-6-8-13/h4-9H,3,11H2,1-2H3,(H,19,20)/p+1. The van der Waals surface area contributed by atoms with Crippen molar-refractivity contribution in [2.24, 2.45) is 0 Å². The molecule has 0 fully saturated rings. The van der Waals surface area contributed by atoms with Crippen LogP contribution in [0.25, 0.3) is 0 Å². The van der Waals surface area contributed by atoms with Gasteiger partial charge in [-0.25, -0.2) is 9.78 Å². The summed E-state index contributed by atoms with van der Waals surface area (Å²) < 4.78 is 4.99. The molecule has 0 bridgehead atoms. The summed E-state index contributed by atoms with van der Waals surface area (Å²) in [5, 5.41) is 12.5. The van der Waals surface area contributed by atoms with Gasteiger partial charge in [0, 0.05) is 0 Å². The van der Waals surface area contributed by atoms with Crippen molar-refractivity contribution < 1.29 is 14.5 Å². The lowest BCUT2D eigenvalue weighted by molar-refractivity contribution is -0.371. The molecular weight excluding hydrogens is 278 g/mol. The lowest BCUT2D eigenvalue weighted by atomic mass is 10.1. The van der Waals surface area contributed by atoms with Crippen LogP contribution in [0.4, 0.5) is 5.82 Å². The van der Waals surface area contributed by atoms with Gasteiger partial charge in [0.25, 0.3) is 5.82 Å². The number of rotatable bonds is 5. The molecule has 0 saturated carbocycles. The summed E-state index contributed by atoms with van der Waals surface area (Å²) in [4.78, 5) is 14.9. The highest BCUT2D eigenvalue weighted by molar-refractivity contribution is 5.90. The van der Waals surface area contributed by atoms with E-state index in [4.69, 9.17) is 4.74 Å². The molecule has 0 amide bonds. The predicted octanol–water partition coefficient (Wildman–Crippen LogP) is 2.47. The average molecular weight is 296 g/mol. The van der Waals surface area contributed by atoms with E-state index in [9.17, 15) is 10.1 Å². The Kier molecular flexibility index (Phi) is 5.10. The molecular formula is C17H18N3O2+. The number of carbonyl (C=O) groups is 1. The zero-order valence-electron chi connectivity index (χ0n) is 12.6. The third-order valence-corrected chi connectivity index (χ3v) is 3.20.